The van der Waals surface area contributed by atoms with Crippen molar-refractivity contribution in [3.05, 3.63) is 99.1 Å². The van der Waals surface area contributed by atoms with Crippen LogP contribution >= 0.6 is 0 Å². The number of rotatable bonds is 7. The summed E-state index contributed by atoms with van der Waals surface area (Å²) in [5.41, 5.74) is 11.5. The summed E-state index contributed by atoms with van der Waals surface area (Å²) in [4.78, 5) is 36.1. The van der Waals surface area contributed by atoms with E-state index in [0.717, 1.165) is 6.07 Å². The van der Waals surface area contributed by atoms with Gasteiger partial charge >= 0.3 is 0 Å². The van der Waals surface area contributed by atoms with Crippen molar-refractivity contribution in [3.63, 3.8) is 0 Å². The van der Waals surface area contributed by atoms with Gasteiger partial charge in [-0.3, -0.25) is 30.5 Å². The van der Waals surface area contributed by atoms with Crippen molar-refractivity contribution in [2.24, 2.45) is 11.5 Å². The lowest BCUT2D eigenvalue weighted by molar-refractivity contribution is -0.385. The van der Waals surface area contributed by atoms with Crippen LogP contribution in [0.15, 0.2) is 66.7 Å². The molecule has 0 unspecified atom stereocenters. The predicted octanol–water partition coefficient (Wildman–Crippen LogP) is 2.67. The van der Waals surface area contributed by atoms with Crippen molar-refractivity contribution in [3.8, 4) is 0 Å². The third-order valence-corrected chi connectivity index (χ3v) is 4.56. The summed E-state index contributed by atoms with van der Waals surface area (Å²) >= 11 is 0. The molecule has 2 amide bonds. The van der Waals surface area contributed by atoms with E-state index in [2.05, 4.69) is 10.6 Å². The number of nitro groups is 1. The average Bonchev–Trinajstić information content (AvgIpc) is 2.78. The minimum atomic E-state index is -0.761. The molecule has 3 rings (SSSR count). The van der Waals surface area contributed by atoms with Crippen molar-refractivity contribution in [2.75, 3.05) is 10.6 Å². The number of carbonyl (C=O) groups is 2. The van der Waals surface area contributed by atoms with Gasteiger partial charge in [-0.2, -0.15) is 0 Å². The Morgan fingerprint density at radius 1 is 0.758 bits per heavy atom. The molecule has 0 heterocycles. The molecule has 3 aromatic rings. The van der Waals surface area contributed by atoms with Crippen molar-refractivity contribution in [1.82, 2.24) is 0 Å². The van der Waals surface area contributed by atoms with Gasteiger partial charge in [0.05, 0.1) is 4.92 Å². The van der Waals surface area contributed by atoms with E-state index in [0.29, 0.717) is 22.5 Å². The number of nitrogens with two attached hydrogens (primary N) is 2. The Kier molecular flexibility index (Phi) is 6.44. The standard InChI is InChI=1S/C22H19N7O4/c23-19(24)12-3-1-5-15(9-12)27-21(30)14-7-8-17(18(11-14)29(32)33)22(31)28-16-6-2-4-13(10-16)20(25)26/h1-11H,(H3,23,24)(H3,25,26)(H,27,30)(H,28,31). The van der Waals surface area contributed by atoms with Gasteiger partial charge in [0, 0.05) is 34.1 Å². The van der Waals surface area contributed by atoms with Crippen LogP contribution in [-0.2, 0) is 0 Å². The number of hydrogen-bond donors (Lipinski definition) is 6. The summed E-state index contributed by atoms with van der Waals surface area (Å²) in [6, 6.07) is 15.9. The van der Waals surface area contributed by atoms with Crippen LogP contribution in [0, 0.1) is 20.9 Å². The lowest BCUT2D eigenvalue weighted by Gasteiger charge is -2.10. The number of amides is 2. The van der Waals surface area contributed by atoms with E-state index >= 15 is 0 Å². The minimum Gasteiger partial charge on any atom is -0.384 e. The Hall–Kier alpha value is -5.06. The second-order valence-corrected chi connectivity index (χ2v) is 6.89. The van der Waals surface area contributed by atoms with Crippen LogP contribution in [0.25, 0.3) is 0 Å². The highest BCUT2D eigenvalue weighted by Gasteiger charge is 2.23. The molecule has 11 heteroatoms. The summed E-state index contributed by atoms with van der Waals surface area (Å²) in [6.45, 7) is 0. The van der Waals surface area contributed by atoms with E-state index in [-0.39, 0.29) is 22.8 Å². The van der Waals surface area contributed by atoms with Crippen molar-refractivity contribution in [1.29, 1.82) is 10.8 Å². The van der Waals surface area contributed by atoms with Gasteiger partial charge in [0.25, 0.3) is 17.5 Å². The maximum Gasteiger partial charge on any atom is 0.282 e. The van der Waals surface area contributed by atoms with Crippen LogP contribution in [0.5, 0.6) is 0 Å². The van der Waals surface area contributed by atoms with Gasteiger partial charge in [-0.05, 0) is 36.4 Å². The molecule has 0 atom stereocenters. The topological polar surface area (TPSA) is 201 Å². The first kappa shape index (κ1) is 22.6. The highest BCUT2D eigenvalue weighted by atomic mass is 16.6. The van der Waals surface area contributed by atoms with Gasteiger partial charge in [0.1, 0.15) is 17.2 Å². The van der Waals surface area contributed by atoms with Crippen LogP contribution in [-0.4, -0.2) is 28.4 Å². The van der Waals surface area contributed by atoms with Gasteiger partial charge < -0.3 is 22.1 Å². The molecule has 0 radical (unpaired) electrons. The summed E-state index contributed by atoms with van der Waals surface area (Å²) in [5, 5.41) is 31.6. The van der Waals surface area contributed by atoms with Crippen LogP contribution in [0.4, 0.5) is 17.1 Å². The highest BCUT2D eigenvalue weighted by Crippen LogP contribution is 2.23. The fourth-order valence-electron chi connectivity index (χ4n) is 2.95. The fourth-order valence-corrected chi connectivity index (χ4v) is 2.95. The van der Waals surface area contributed by atoms with Gasteiger partial charge in [-0.15, -0.1) is 0 Å². The molecule has 0 aromatic heterocycles. The molecule has 0 fully saturated rings. The van der Waals surface area contributed by atoms with Crippen LogP contribution in [0.1, 0.15) is 31.8 Å². The first-order valence-electron chi connectivity index (χ1n) is 9.46. The normalized spacial score (nSPS) is 10.2. The molecular formula is C22H19N7O4. The Morgan fingerprint density at radius 3 is 1.76 bits per heavy atom. The molecule has 3 aromatic carbocycles. The van der Waals surface area contributed by atoms with Gasteiger partial charge in [-0.1, -0.05) is 24.3 Å². The first-order chi connectivity index (χ1) is 15.7. The van der Waals surface area contributed by atoms with Gasteiger partial charge in [0.15, 0.2) is 0 Å². The summed E-state index contributed by atoms with van der Waals surface area (Å²) in [6.07, 6.45) is 0. The Bertz CT molecular complexity index is 1300. The zero-order valence-corrected chi connectivity index (χ0v) is 17.1. The van der Waals surface area contributed by atoms with E-state index in [1.165, 1.54) is 24.3 Å². The van der Waals surface area contributed by atoms with Crippen molar-refractivity contribution in [2.45, 2.75) is 0 Å². The Balaban J connectivity index is 1.85. The van der Waals surface area contributed by atoms with Crippen LogP contribution in [0.3, 0.4) is 0 Å². The molecule has 0 aliphatic carbocycles. The molecule has 0 aliphatic heterocycles. The number of amidine groups is 2. The van der Waals surface area contributed by atoms with Crippen molar-refractivity contribution < 1.29 is 14.5 Å². The Morgan fingerprint density at radius 2 is 1.27 bits per heavy atom. The average molecular weight is 445 g/mol. The molecule has 0 spiro atoms. The van der Waals surface area contributed by atoms with E-state index in [1.54, 1.807) is 36.4 Å². The van der Waals surface area contributed by atoms with Crippen LogP contribution in [0.2, 0.25) is 0 Å². The molecular weight excluding hydrogens is 426 g/mol. The lowest BCUT2D eigenvalue weighted by Crippen LogP contribution is -2.17. The number of benzene rings is 3. The third-order valence-electron chi connectivity index (χ3n) is 4.56. The molecule has 33 heavy (non-hydrogen) atoms. The first-order valence-corrected chi connectivity index (χ1v) is 9.46. The van der Waals surface area contributed by atoms with Gasteiger partial charge in [-0.25, -0.2) is 0 Å². The monoisotopic (exact) mass is 445 g/mol. The van der Waals surface area contributed by atoms with E-state index < -0.39 is 22.4 Å². The number of nitrogens with zero attached hydrogens (tertiary/aromatic N) is 1. The zero-order valence-electron chi connectivity index (χ0n) is 17.1. The summed E-state index contributed by atoms with van der Waals surface area (Å²) in [7, 11) is 0. The van der Waals surface area contributed by atoms with E-state index in [9.17, 15) is 19.7 Å². The largest absolute Gasteiger partial charge is 0.384 e. The summed E-state index contributed by atoms with van der Waals surface area (Å²) < 4.78 is 0. The number of nitrogen functional groups attached to an aromatic ring is 2. The van der Waals surface area contributed by atoms with Gasteiger partial charge in [0.2, 0.25) is 0 Å². The lowest BCUT2D eigenvalue weighted by atomic mass is 10.1. The number of nitrogens with one attached hydrogen (secondary N) is 4. The number of anilines is 2. The highest BCUT2D eigenvalue weighted by molar-refractivity contribution is 6.10. The van der Waals surface area contributed by atoms with Crippen molar-refractivity contribution >= 4 is 40.5 Å². The third kappa shape index (κ3) is 5.35. The molecule has 11 nitrogen and oxygen atoms in total. The molecule has 8 N–H and O–H groups in total. The molecule has 166 valence electrons. The second-order valence-electron chi connectivity index (χ2n) is 6.89. The maximum absolute atomic E-state index is 12.7. The van der Waals surface area contributed by atoms with Crippen LogP contribution < -0.4 is 22.1 Å². The fraction of sp³-hybridized carbons (Fsp3) is 0. The number of carbonyl (C=O) groups excluding carboxylic acids is 2. The SMILES string of the molecule is N=C(N)c1cccc(NC(=O)c2ccc(C(=O)Nc3cccc(C(=N)N)c3)c([N+](=O)[O-])c2)c1. The molecule has 0 saturated heterocycles. The van der Waals surface area contributed by atoms with E-state index in [4.69, 9.17) is 22.3 Å². The number of nitro benzene ring substituents is 1. The summed E-state index contributed by atoms with van der Waals surface area (Å²) in [5.74, 6) is -1.77. The smallest absolute Gasteiger partial charge is 0.282 e. The quantitative estimate of drug-likeness (QED) is 0.140. The maximum atomic E-state index is 12.7. The molecule has 0 saturated carbocycles. The molecule has 0 bridgehead atoms. The predicted molar refractivity (Wildman–Crippen MR) is 124 cm³/mol. The molecule has 0 aliphatic rings. The Labute approximate surface area is 187 Å². The second kappa shape index (κ2) is 9.39. The van der Waals surface area contributed by atoms with E-state index in [1.807, 2.05) is 0 Å². The number of hydrogen-bond acceptors (Lipinski definition) is 6. The zero-order chi connectivity index (χ0) is 24.1. The minimum absolute atomic E-state index is 0.0370.